The van der Waals surface area contributed by atoms with E-state index in [4.69, 9.17) is 32.7 Å². The van der Waals surface area contributed by atoms with Crippen LogP contribution in [0.1, 0.15) is 57.7 Å². The highest BCUT2D eigenvalue weighted by Crippen LogP contribution is 2.49. The van der Waals surface area contributed by atoms with Crippen LogP contribution in [-0.2, 0) is 52.2 Å². The molecule has 0 unspecified atom stereocenters. The maximum atomic E-state index is 13.9. The second-order valence-electron chi connectivity index (χ2n) is 15.3. The van der Waals surface area contributed by atoms with Crippen LogP contribution in [0.2, 0.25) is 0 Å². The Morgan fingerprint density at radius 2 is 1.51 bits per heavy atom. The van der Waals surface area contributed by atoms with Crippen molar-refractivity contribution in [3.05, 3.63) is 102 Å². The fourth-order valence-corrected chi connectivity index (χ4v) is 7.46. The molecule has 2 fully saturated rings. The number of amides is 2. The van der Waals surface area contributed by atoms with E-state index in [1.807, 2.05) is 74.5 Å². The Morgan fingerprint density at radius 3 is 2.09 bits per heavy atom. The highest BCUT2D eigenvalue weighted by Gasteiger charge is 2.44. The predicted octanol–water partition coefficient (Wildman–Crippen LogP) is 7.30. The minimum atomic E-state index is -3.72. The van der Waals surface area contributed by atoms with E-state index in [0.29, 0.717) is 18.9 Å². The molecule has 2 aliphatic rings. The first-order valence-electron chi connectivity index (χ1n) is 18.8. The number of aliphatic hydroxyl groups excluding tert-OH is 1. The zero-order valence-electron chi connectivity index (χ0n) is 32.3. The number of hydrogen-bond acceptors (Lipinski definition) is 11. The minimum Gasteiger partial charge on any atom is -0.481 e. The number of carbonyl (C=O) groups excluding carboxylic acids is 2. The average Bonchev–Trinajstić information content (AvgIpc) is 3.78. The van der Waals surface area contributed by atoms with Gasteiger partial charge >= 0.3 is 19.8 Å². The zero-order chi connectivity index (χ0) is 39.4. The van der Waals surface area contributed by atoms with Crippen LogP contribution in [0.5, 0.6) is 5.75 Å². The third-order valence-corrected chi connectivity index (χ3v) is 10.5. The molecule has 0 aliphatic carbocycles. The molecule has 2 saturated heterocycles. The Morgan fingerprint density at radius 1 is 0.891 bits per heavy atom. The molecule has 2 heterocycles. The van der Waals surface area contributed by atoms with Crippen LogP contribution in [0.15, 0.2) is 84.9 Å². The molecule has 13 nitrogen and oxygen atoms in total. The largest absolute Gasteiger partial charge is 0.481 e. The van der Waals surface area contributed by atoms with Gasteiger partial charge < -0.3 is 48.1 Å². The monoisotopic (exact) mass is 782 g/mol. The van der Waals surface area contributed by atoms with E-state index in [-0.39, 0.29) is 51.0 Å². The molecular weight excluding hydrogens is 727 g/mol. The van der Waals surface area contributed by atoms with Crippen molar-refractivity contribution in [1.82, 2.24) is 10.2 Å². The van der Waals surface area contributed by atoms with E-state index in [1.165, 1.54) is 4.90 Å². The summed E-state index contributed by atoms with van der Waals surface area (Å²) in [5.41, 5.74) is 1.71. The summed E-state index contributed by atoms with van der Waals surface area (Å²) in [5, 5.41) is 14.5. The van der Waals surface area contributed by atoms with E-state index in [1.54, 1.807) is 45.0 Å². The van der Waals surface area contributed by atoms with Crippen molar-refractivity contribution in [3.63, 3.8) is 0 Å². The molecule has 0 spiro atoms. The van der Waals surface area contributed by atoms with Crippen LogP contribution in [-0.4, -0.2) is 85.0 Å². The molecule has 2 aliphatic heterocycles. The molecule has 3 aromatic rings. The molecule has 0 aromatic heterocycles. The molecule has 5 atom stereocenters. The topological polar surface area (TPSA) is 151 Å². The second kappa shape index (κ2) is 19.8. The van der Waals surface area contributed by atoms with Crippen LogP contribution in [0.3, 0.4) is 0 Å². The summed E-state index contributed by atoms with van der Waals surface area (Å²) < 4.78 is 54.1. The van der Waals surface area contributed by atoms with E-state index < -0.39 is 49.9 Å². The number of nitrogens with one attached hydrogen (secondary N) is 1. The number of fused-ring (bicyclic) bond motifs is 1. The molecule has 14 heteroatoms. The molecule has 55 heavy (non-hydrogen) atoms. The molecule has 3 aromatic carbocycles. The number of benzene rings is 3. The van der Waals surface area contributed by atoms with Gasteiger partial charge in [0.2, 0.25) is 0 Å². The Kier molecular flexibility index (Phi) is 15.1. The average molecular weight is 783 g/mol. The van der Waals surface area contributed by atoms with Crippen LogP contribution >= 0.6 is 7.60 Å². The third kappa shape index (κ3) is 13.6. The standard InChI is InChI=1S/C41H55N2O11P/c1-29(2)23-43(40(46)54-41(3,4)5)24-36(44)35(42-39(45)53-37-27-49-38-34(37)20-21-48-38)22-30-16-18-33(19-17-30)50-28-55(47,51-25-31-12-8-6-9-13-31)52-26-32-14-10-7-11-15-32/h6-19,29,34-38,44H,20-28H2,1-5H3,(H,42,45)/t34-,35-,36+,37-,38+/m0/s1. The van der Waals surface area contributed by atoms with Gasteiger partial charge in [0.15, 0.2) is 12.6 Å². The molecule has 2 amide bonds. The normalized spacial score (nSPS) is 19.4. The van der Waals surface area contributed by atoms with Crippen molar-refractivity contribution >= 4 is 19.8 Å². The fraction of sp³-hybridized carbons (Fsp3) is 0.512. The SMILES string of the molecule is CC(C)CN(C[C@@H](O)[C@H](Cc1ccc(OCP(=O)(OCc2ccccc2)OCc2ccccc2)cc1)NC(=O)O[C@H]1CO[C@H]2OCC[C@H]21)C(=O)OC(C)(C)C. The fourth-order valence-electron chi connectivity index (χ4n) is 6.23. The zero-order valence-corrected chi connectivity index (χ0v) is 33.2. The minimum absolute atomic E-state index is 0.0573. The Hall–Kier alpha value is -3.97. The van der Waals surface area contributed by atoms with Crippen LogP contribution in [0.4, 0.5) is 9.59 Å². The van der Waals surface area contributed by atoms with Crippen molar-refractivity contribution in [2.75, 3.05) is 32.7 Å². The number of hydrogen-bond donors (Lipinski definition) is 2. The Labute approximate surface area is 324 Å². The number of rotatable bonds is 18. The maximum Gasteiger partial charge on any atom is 0.410 e. The van der Waals surface area contributed by atoms with E-state index in [9.17, 15) is 19.3 Å². The molecule has 0 saturated carbocycles. The van der Waals surface area contributed by atoms with Gasteiger partial charge in [0.25, 0.3) is 0 Å². The van der Waals surface area contributed by atoms with E-state index >= 15 is 0 Å². The Bertz CT molecular complexity index is 1640. The number of ether oxygens (including phenoxy) is 5. The number of carbonyl (C=O) groups is 2. The summed E-state index contributed by atoms with van der Waals surface area (Å²) >= 11 is 0. The highest BCUT2D eigenvalue weighted by molar-refractivity contribution is 7.53. The first-order valence-corrected chi connectivity index (χ1v) is 20.5. The van der Waals surface area contributed by atoms with Gasteiger partial charge in [-0.1, -0.05) is 86.6 Å². The van der Waals surface area contributed by atoms with Gasteiger partial charge in [-0.3, -0.25) is 4.57 Å². The third-order valence-electron chi connectivity index (χ3n) is 8.97. The second-order valence-corrected chi connectivity index (χ2v) is 17.3. The summed E-state index contributed by atoms with van der Waals surface area (Å²) in [6, 6.07) is 24.9. The molecule has 2 N–H and O–H groups in total. The van der Waals surface area contributed by atoms with Crippen LogP contribution in [0.25, 0.3) is 0 Å². The number of alkyl carbamates (subject to hydrolysis) is 1. The first-order chi connectivity index (χ1) is 26.2. The lowest BCUT2D eigenvalue weighted by molar-refractivity contribution is -0.0907. The predicted molar refractivity (Wildman–Crippen MR) is 205 cm³/mol. The molecule has 300 valence electrons. The van der Waals surface area contributed by atoms with Gasteiger partial charge in [-0.25, -0.2) is 9.59 Å². The summed E-state index contributed by atoms with van der Waals surface area (Å²) in [5.74, 6) is 0.455. The van der Waals surface area contributed by atoms with Gasteiger partial charge in [0.05, 0.1) is 51.0 Å². The summed E-state index contributed by atoms with van der Waals surface area (Å²) in [6.07, 6.45) is -2.74. The van der Waals surface area contributed by atoms with Crippen LogP contribution in [0, 0.1) is 11.8 Å². The smallest absolute Gasteiger partial charge is 0.410 e. The van der Waals surface area contributed by atoms with Crippen molar-refractivity contribution < 1.29 is 52.0 Å². The lowest BCUT2D eigenvalue weighted by Gasteiger charge is -2.32. The van der Waals surface area contributed by atoms with Crippen molar-refractivity contribution in [2.24, 2.45) is 11.8 Å². The first kappa shape index (κ1) is 42.2. The summed E-state index contributed by atoms with van der Waals surface area (Å²) in [4.78, 5) is 27.9. The summed E-state index contributed by atoms with van der Waals surface area (Å²) in [6.45, 7) is 10.4. The van der Waals surface area contributed by atoms with Gasteiger partial charge in [-0.2, -0.15) is 0 Å². The van der Waals surface area contributed by atoms with E-state index in [0.717, 1.165) is 23.1 Å². The quantitative estimate of drug-likeness (QED) is 0.125. The van der Waals surface area contributed by atoms with Crippen molar-refractivity contribution in [1.29, 1.82) is 0 Å². The molecular formula is C41H55N2O11P. The van der Waals surface area contributed by atoms with Gasteiger partial charge in [-0.05, 0) is 68.4 Å². The van der Waals surface area contributed by atoms with E-state index in [2.05, 4.69) is 5.32 Å². The Balaban J connectivity index is 1.26. The van der Waals surface area contributed by atoms with Gasteiger partial charge in [-0.15, -0.1) is 0 Å². The van der Waals surface area contributed by atoms with Gasteiger partial charge in [0.1, 0.15) is 17.5 Å². The number of aliphatic hydroxyl groups is 1. The summed E-state index contributed by atoms with van der Waals surface area (Å²) in [7, 11) is -3.72. The van der Waals surface area contributed by atoms with Crippen LogP contribution < -0.4 is 10.1 Å². The van der Waals surface area contributed by atoms with Gasteiger partial charge in [0, 0.05) is 6.54 Å². The lowest BCUT2D eigenvalue weighted by atomic mass is 10.0. The van der Waals surface area contributed by atoms with Crippen molar-refractivity contribution in [3.8, 4) is 5.75 Å². The van der Waals surface area contributed by atoms with Crippen molar-refractivity contribution in [2.45, 2.75) is 90.8 Å². The highest BCUT2D eigenvalue weighted by atomic mass is 31.2. The lowest BCUT2D eigenvalue weighted by Crippen LogP contribution is -2.52. The molecule has 0 radical (unpaired) electrons. The molecule has 0 bridgehead atoms. The number of nitrogens with zero attached hydrogens (tertiary/aromatic N) is 1. The maximum absolute atomic E-state index is 13.9. The molecule has 5 rings (SSSR count).